The second-order valence-electron chi connectivity index (χ2n) is 7.40. The molecule has 3 amide bonds. The van der Waals surface area contributed by atoms with Crippen LogP contribution in [0.2, 0.25) is 0 Å². The number of carboxylic acid groups (broad SMARTS) is 1. The van der Waals surface area contributed by atoms with Gasteiger partial charge in [-0.15, -0.1) is 0 Å². The normalized spacial score (nSPS) is 11.7. The van der Waals surface area contributed by atoms with E-state index in [1.165, 1.54) is 0 Å². The first-order valence-corrected chi connectivity index (χ1v) is 9.40. The van der Waals surface area contributed by atoms with E-state index in [0.29, 0.717) is 17.7 Å². The summed E-state index contributed by atoms with van der Waals surface area (Å²) in [5.74, 6) is -1.00. The van der Waals surface area contributed by atoms with Crippen molar-refractivity contribution in [3.8, 4) is 0 Å². The van der Waals surface area contributed by atoms with E-state index in [-0.39, 0.29) is 30.9 Å². The Morgan fingerprint density at radius 3 is 2.14 bits per heavy atom. The highest BCUT2D eigenvalue weighted by atomic mass is 16.7. The fraction of sp³-hybridized carbons (Fsp3) is 0.500. The van der Waals surface area contributed by atoms with Crippen molar-refractivity contribution in [3.63, 3.8) is 0 Å². The van der Waals surface area contributed by atoms with Gasteiger partial charge in [-0.2, -0.15) is 0 Å². The molecule has 4 N–H and O–H groups in total. The quantitative estimate of drug-likeness (QED) is 0.439. The van der Waals surface area contributed by atoms with E-state index in [1.807, 2.05) is 27.7 Å². The van der Waals surface area contributed by atoms with Crippen LogP contribution in [-0.2, 0) is 25.7 Å². The lowest BCUT2D eigenvalue weighted by Gasteiger charge is -2.22. The monoisotopic (exact) mass is 407 g/mol. The summed E-state index contributed by atoms with van der Waals surface area (Å²) in [5.41, 5.74) is 1.13. The Morgan fingerprint density at radius 1 is 1.00 bits per heavy atom. The van der Waals surface area contributed by atoms with Crippen molar-refractivity contribution in [1.29, 1.82) is 0 Å². The molecule has 0 heterocycles. The molecule has 0 bridgehead atoms. The van der Waals surface area contributed by atoms with Crippen molar-refractivity contribution in [1.82, 2.24) is 10.6 Å². The van der Waals surface area contributed by atoms with Crippen LogP contribution in [0.25, 0.3) is 0 Å². The van der Waals surface area contributed by atoms with Crippen LogP contribution in [0.3, 0.4) is 0 Å². The van der Waals surface area contributed by atoms with Gasteiger partial charge in [0.1, 0.15) is 12.6 Å². The predicted octanol–water partition coefficient (Wildman–Crippen LogP) is 2.12. The molecule has 0 aliphatic rings. The molecule has 1 aromatic rings. The summed E-state index contributed by atoms with van der Waals surface area (Å²) in [6, 6.07) is 5.72. The minimum atomic E-state index is -1.36. The Labute approximate surface area is 170 Å². The number of hydrogen-bond acceptors (Lipinski definition) is 5. The summed E-state index contributed by atoms with van der Waals surface area (Å²) in [7, 11) is 0. The maximum absolute atomic E-state index is 12.4. The van der Waals surface area contributed by atoms with Crippen molar-refractivity contribution in [2.24, 2.45) is 11.8 Å². The molecule has 0 aromatic heterocycles. The third kappa shape index (κ3) is 9.59. The van der Waals surface area contributed by atoms with Gasteiger partial charge in [-0.3, -0.25) is 14.4 Å². The standard InChI is InChI=1S/C20H29N3O6/c1-12(2)9-16(24)23-18(13(3)4)19(26)21-10-17(25)22-15-7-5-14(6-8-15)11-29-20(27)28/h5-8,12-13,18H,9-11H2,1-4H3,(H,21,26)(H,22,25)(H,23,24)(H,27,28). The van der Waals surface area contributed by atoms with Crippen molar-refractivity contribution >= 4 is 29.6 Å². The van der Waals surface area contributed by atoms with Crippen molar-refractivity contribution in [2.75, 3.05) is 11.9 Å². The summed E-state index contributed by atoms with van der Waals surface area (Å²) in [6.07, 6.45) is -1.04. The number of carbonyl (C=O) groups is 4. The smallest absolute Gasteiger partial charge is 0.450 e. The highest BCUT2D eigenvalue weighted by molar-refractivity contribution is 5.96. The molecule has 9 nitrogen and oxygen atoms in total. The van der Waals surface area contributed by atoms with E-state index >= 15 is 0 Å². The molecule has 0 fully saturated rings. The Balaban J connectivity index is 2.51. The molecular formula is C20H29N3O6. The first kappa shape index (κ1) is 23.9. The van der Waals surface area contributed by atoms with Gasteiger partial charge >= 0.3 is 6.16 Å². The maximum atomic E-state index is 12.4. The van der Waals surface area contributed by atoms with Crippen LogP contribution in [0.1, 0.15) is 39.7 Å². The van der Waals surface area contributed by atoms with E-state index in [0.717, 1.165) is 0 Å². The van der Waals surface area contributed by atoms with Gasteiger partial charge in [-0.05, 0) is 29.5 Å². The van der Waals surface area contributed by atoms with Crippen LogP contribution in [0.5, 0.6) is 0 Å². The molecular weight excluding hydrogens is 378 g/mol. The van der Waals surface area contributed by atoms with Gasteiger partial charge in [0.25, 0.3) is 0 Å². The number of hydrogen-bond donors (Lipinski definition) is 4. The summed E-state index contributed by atoms with van der Waals surface area (Å²) in [4.78, 5) is 46.8. The molecule has 1 atom stereocenters. The molecule has 0 saturated carbocycles. The van der Waals surface area contributed by atoms with Gasteiger partial charge in [-0.25, -0.2) is 4.79 Å². The molecule has 1 rings (SSSR count). The number of carbonyl (C=O) groups excluding carboxylic acids is 3. The third-order valence-electron chi connectivity index (χ3n) is 3.88. The van der Waals surface area contributed by atoms with Gasteiger partial charge < -0.3 is 25.8 Å². The van der Waals surface area contributed by atoms with Crippen molar-refractivity contribution in [2.45, 2.75) is 46.8 Å². The number of benzene rings is 1. The van der Waals surface area contributed by atoms with Crippen LogP contribution < -0.4 is 16.0 Å². The SMILES string of the molecule is CC(C)CC(=O)NC(C(=O)NCC(=O)Nc1ccc(COC(=O)O)cc1)C(C)C. The number of anilines is 1. The van der Waals surface area contributed by atoms with E-state index in [1.54, 1.807) is 24.3 Å². The number of rotatable bonds is 10. The van der Waals surface area contributed by atoms with Crippen LogP contribution >= 0.6 is 0 Å². The van der Waals surface area contributed by atoms with Gasteiger partial charge in [0.2, 0.25) is 17.7 Å². The Kier molecular flexibility index (Phi) is 9.64. The molecule has 0 spiro atoms. The van der Waals surface area contributed by atoms with Crippen LogP contribution in [0.4, 0.5) is 10.5 Å². The molecule has 1 unspecified atom stereocenters. The lowest BCUT2D eigenvalue weighted by atomic mass is 10.0. The highest BCUT2D eigenvalue weighted by Crippen LogP contribution is 2.10. The number of amides is 3. The molecule has 29 heavy (non-hydrogen) atoms. The van der Waals surface area contributed by atoms with Crippen LogP contribution in [0.15, 0.2) is 24.3 Å². The van der Waals surface area contributed by atoms with Crippen LogP contribution in [-0.4, -0.2) is 41.6 Å². The first-order chi connectivity index (χ1) is 13.6. The summed E-state index contributed by atoms with van der Waals surface area (Å²) < 4.78 is 4.46. The lowest BCUT2D eigenvalue weighted by molar-refractivity contribution is -0.131. The van der Waals surface area contributed by atoms with E-state index < -0.39 is 24.0 Å². The predicted molar refractivity (Wildman–Crippen MR) is 107 cm³/mol. The fourth-order valence-electron chi connectivity index (χ4n) is 2.45. The minimum Gasteiger partial charge on any atom is -0.450 e. The number of nitrogens with one attached hydrogen (secondary N) is 3. The van der Waals surface area contributed by atoms with Gasteiger partial charge in [0, 0.05) is 12.1 Å². The van der Waals surface area contributed by atoms with E-state index in [2.05, 4.69) is 20.7 Å². The zero-order valence-electron chi connectivity index (χ0n) is 17.2. The third-order valence-corrected chi connectivity index (χ3v) is 3.88. The second-order valence-corrected chi connectivity index (χ2v) is 7.40. The molecule has 0 aliphatic heterocycles. The van der Waals surface area contributed by atoms with Crippen LogP contribution in [0, 0.1) is 11.8 Å². The average molecular weight is 407 g/mol. The molecule has 0 radical (unpaired) electrons. The van der Waals surface area contributed by atoms with Crippen molar-refractivity contribution in [3.05, 3.63) is 29.8 Å². The molecule has 1 aromatic carbocycles. The zero-order chi connectivity index (χ0) is 22.0. The second kappa shape index (κ2) is 11.7. The largest absolute Gasteiger partial charge is 0.506 e. The fourth-order valence-corrected chi connectivity index (χ4v) is 2.45. The topological polar surface area (TPSA) is 134 Å². The Hall–Kier alpha value is -3.10. The zero-order valence-corrected chi connectivity index (χ0v) is 17.2. The van der Waals surface area contributed by atoms with Crippen molar-refractivity contribution < 1.29 is 29.0 Å². The summed E-state index contributed by atoms with van der Waals surface area (Å²) >= 11 is 0. The molecule has 160 valence electrons. The van der Waals surface area contributed by atoms with Gasteiger partial charge in [0.05, 0.1) is 6.54 Å². The Morgan fingerprint density at radius 2 is 1.62 bits per heavy atom. The molecule has 0 saturated heterocycles. The number of ether oxygens (including phenoxy) is 1. The average Bonchev–Trinajstić information content (AvgIpc) is 2.62. The summed E-state index contributed by atoms with van der Waals surface area (Å²) in [6.45, 7) is 7.14. The first-order valence-electron chi connectivity index (χ1n) is 9.40. The molecule has 0 aliphatic carbocycles. The highest BCUT2D eigenvalue weighted by Gasteiger charge is 2.24. The Bertz CT molecular complexity index is 715. The summed E-state index contributed by atoms with van der Waals surface area (Å²) in [5, 5.41) is 16.3. The molecule has 9 heteroatoms. The lowest BCUT2D eigenvalue weighted by Crippen LogP contribution is -2.51. The van der Waals surface area contributed by atoms with E-state index in [9.17, 15) is 19.2 Å². The van der Waals surface area contributed by atoms with Gasteiger partial charge in [0.15, 0.2) is 0 Å². The minimum absolute atomic E-state index is 0.0846. The van der Waals surface area contributed by atoms with E-state index in [4.69, 9.17) is 5.11 Å². The van der Waals surface area contributed by atoms with Gasteiger partial charge in [-0.1, -0.05) is 39.8 Å². The maximum Gasteiger partial charge on any atom is 0.506 e.